The van der Waals surface area contributed by atoms with E-state index in [4.69, 9.17) is 4.74 Å². The van der Waals surface area contributed by atoms with Gasteiger partial charge in [0.15, 0.2) is 0 Å². The molecule has 3 aromatic rings. The summed E-state index contributed by atoms with van der Waals surface area (Å²) in [6.45, 7) is 2.07. The Morgan fingerprint density at radius 3 is 2.18 bits per heavy atom. The number of carbonyl (C=O) groups is 1. The summed E-state index contributed by atoms with van der Waals surface area (Å²) < 4.78 is 85.9. The van der Waals surface area contributed by atoms with Crippen molar-refractivity contribution in [3.05, 3.63) is 100 Å². The molecule has 0 spiro atoms. The Balaban J connectivity index is 1.58. The minimum atomic E-state index is -4.94. The van der Waals surface area contributed by atoms with Gasteiger partial charge in [0.05, 0.1) is 30.3 Å². The lowest BCUT2D eigenvalue weighted by Crippen LogP contribution is -2.47. The first-order valence-corrected chi connectivity index (χ1v) is 12.0. The van der Waals surface area contributed by atoms with Gasteiger partial charge < -0.3 is 9.64 Å². The van der Waals surface area contributed by atoms with Gasteiger partial charge in [0.2, 0.25) is 5.91 Å². The summed E-state index contributed by atoms with van der Waals surface area (Å²) >= 11 is 0. The topological polar surface area (TPSA) is 42.4 Å². The van der Waals surface area contributed by atoms with Gasteiger partial charge in [-0.1, -0.05) is 24.3 Å². The number of likely N-dealkylation sites (tertiary alicyclic amines) is 1. The van der Waals surface area contributed by atoms with Crippen molar-refractivity contribution in [1.82, 2.24) is 9.88 Å². The molecule has 0 bridgehead atoms. The molecule has 0 saturated carbocycles. The Kier molecular flexibility index (Phi) is 8.10. The maximum Gasteiger partial charge on any atom is 0.416 e. The quantitative estimate of drug-likeness (QED) is 0.335. The summed E-state index contributed by atoms with van der Waals surface area (Å²) in [5, 5.41) is 0. The number of aromatic nitrogens is 1. The van der Waals surface area contributed by atoms with Crippen molar-refractivity contribution in [3.8, 4) is 0 Å². The summed E-state index contributed by atoms with van der Waals surface area (Å²) in [6, 6.07) is 12.5. The fraction of sp³-hybridized carbons (Fsp3) is 0.357. The van der Waals surface area contributed by atoms with Crippen LogP contribution >= 0.6 is 0 Å². The monoisotopic (exact) mass is 536 g/mol. The average Bonchev–Trinajstić information content (AvgIpc) is 2.87. The van der Waals surface area contributed by atoms with Gasteiger partial charge in [-0.2, -0.15) is 26.3 Å². The van der Waals surface area contributed by atoms with Crippen molar-refractivity contribution < 1.29 is 35.9 Å². The molecule has 0 unspecified atom stereocenters. The summed E-state index contributed by atoms with van der Waals surface area (Å²) in [4.78, 5) is 18.6. The Morgan fingerprint density at radius 2 is 1.58 bits per heavy atom. The van der Waals surface area contributed by atoms with Crippen LogP contribution in [0.2, 0.25) is 0 Å². The third-order valence-corrected chi connectivity index (χ3v) is 6.72. The number of hydrogen-bond donors (Lipinski definition) is 0. The highest BCUT2D eigenvalue weighted by molar-refractivity contribution is 5.79. The maximum atomic E-state index is 13.3. The molecule has 10 heteroatoms. The molecule has 2 aromatic carbocycles. The number of pyridine rings is 1. The van der Waals surface area contributed by atoms with Crippen molar-refractivity contribution in [1.29, 1.82) is 0 Å². The van der Waals surface area contributed by atoms with Crippen LogP contribution in [0.1, 0.15) is 45.7 Å². The first-order valence-electron chi connectivity index (χ1n) is 12.0. The van der Waals surface area contributed by atoms with Gasteiger partial charge in [0.25, 0.3) is 0 Å². The first-order chi connectivity index (χ1) is 17.9. The van der Waals surface area contributed by atoms with Gasteiger partial charge in [-0.05, 0) is 65.9 Å². The van der Waals surface area contributed by atoms with E-state index < -0.39 is 36.2 Å². The first kappa shape index (κ1) is 27.6. The highest BCUT2D eigenvalue weighted by atomic mass is 19.4. The number of ether oxygens (including phenoxy) is 1. The Bertz CT molecular complexity index is 1230. The van der Waals surface area contributed by atoms with Crippen LogP contribution in [-0.4, -0.2) is 35.0 Å². The average molecular weight is 537 g/mol. The van der Waals surface area contributed by atoms with Crippen molar-refractivity contribution in [2.45, 2.75) is 50.7 Å². The number of carbonyl (C=O) groups excluding carboxylic acids is 1. The molecule has 2 heterocycles. The molecule has 38 heavy (non-hydrogen) atoms. The van der Waals surface area contributed by atoms with Gasteiger partial charge >= 0.3 is 12.4 Å². The number of piperidine rings is 1. The molecule has 202 valence electrons. The third kappa shape index (κ3) is 6.72. The van der Waals surface area contributed by atoms with E-state index in [1.807, 2.05) is 31.2 Å². The van der Waals surface area contributed by atoms with Crippen LogP contribution in [0.4, 0.5) is 26.3 Å². The van der Waals surface area contributed by atoms with Gasteiger partial charge in [-0.3, -0.25) is 9.78 Å². The highest BCUT2D eigenvalue weighted by Gasteiger charge is 2.38. The Labute approximate surface area is 216 Å². The molecule has 2 atom stereocenters. The van der Waals surface area contributed by atoms with Crippen LogP contribution in [-0.2, 0) is 34.9 Å². The minimum absolute atomic E-state index is 0.0970. The van der Waals surface area contributed by atoms with E-state index in [1.165, 1.54) is 0 Å². The number of amides is 1. The lowest BCUT2D eigenvalue weighted by atomic mass is 9.84. The zero-order valence-corrected chi connectivity index (χ0v) is 20.5. The van der Waals surface area contributed by atoms with E-state index in [0.717, 1.165) is 16.7 Å². The van der Waals surface area contributed by atoms with Gasteiger partial charge in [-0.25, -0.2) is 0 Å². The lowest BCUT2D eigenvalue weighted by Gasteiger charge is -2.39. The van der Waals surface area contributed by atoms with Crippen molar-refractivity contribution >= 4 is 5.91 Å². The summed E-state index contributed by atoms with van der Waals surface area (Å²) in [5.41, 5.74) is -0.277. The van der Waals surface area contributed by atoms with Crippen LogP contribution in [0, 0.1) is 6.92 Å². The fourth-order valence-corrected chi connectivity index (χ4v) is 4.76. The molecule has 1 amide bonds. The molecule has 0 N–H and O–H groups in total. The lowest BCUT2D eigenvalue weighted by molar-refractivity contribution is -0.143. The number of aryl methyl sites for hydroxylation is 1. The van der Waals surface area contributed by atoms with E-state index in [-0.39, 0.29) is 36.4 Å². The molecule has 1 aliphatic rings. The van der Waals surface area contributed by atoms with Crippen LogP contribution < -0.4 is 0 Å². The van der Waals surface area contributed by atoms with Crippen LogP contribution in [0.5, 0.6) is 0 Å². The molecule has 0 radical (unpaired) electrons. The number of halogens is 6. The normalized spacial score (nSPS) is 18.4. The van der Waals surface area contributed by atoms with E-state index in [2.05, 4.69) is 4.98 Å². The van der Waals surface area contributed by atoms with Gasteiger partial charge in [-0.15, -0.1) is 0 Å². The van der Waals surface area contributed by atoms with Crippen LogP contribution in [0.15, 0.2) is 67.0 Å². The second-order valence-corrected chi connectivity index (χ2v) is 9.39. The minimum Gasteiger partial charge on any atom is -0.371 e. The highest BCUT2D eigenvalue weighted by Crippen LogP contribution is 2.37. The predicted molar refractivity (Wildman–Crippen MR) is 128 cm³/mol. The second-order valence-electron chi connectivity index (χ2n) is 9.39. The number of benzene rings is 2. The maximum absolute atomic E-state index is 13.3. The molecule has 4 rings (SSSR count). The Morgan fingerprint density at radius 1 is 0.947 bits per heavy atom. The molecule has 0 aliphatic carbocycles. The molecular weight excluding hydrogens is 510 g/mol. The fourth-order valence-electron chi connectivity index (χ4n) is 4.76. The van der Waals surface area contributed by atoms with Gasteiger partial charge in [0, 0.05) is 31.4 Å². The van der Waals surface area contributed by atoms with E-state index in [0.29, 0.717) is 25.1 Å². The predicted octanol–water partition coefficient (Wildman–Crippen LogP) is 6.57. The number of rotatable bonds is 6. The number of nitrogens with zero attached hydrogens (tertiary/aromatic N) is 2. The van der Waals surface area contributed by atoms with E-state index in [1.54, 1.807) is 29.4 Å². The summed E-state index contributed by atoms with van der Waals surface area (Å²) in [7, 11) is 0. The zero-order valence-electron chi connectivity index (χ0n) is 20.5. The number of hydrogen-bond acceptors (Lipinski definition) is 3. The SMILES string of the molecule is Cc1ccccc1[C@@H]1CCN(C(=O)Cc2ccncc2)C[C@@H]1OCc1cc(C(F)(F)F)cc(C(F)(F)F)c1. The van der Waals surface area contributed by atoms with Crippen molar-refractivity contribution in [3.63, 3.8) is 0 Å². The molecule has 1 saturated heterocycles. The van der Waals surface area contributed by atoms with E-state index in [9.17, 15) is 31.1 Å². The van der Waals surface area contributed by atoms with Crippen LogP contribution in [0.3, 0.4) is 0 Å². The summed E-state index contributed by atoms with van der Waals surface area (Å²) in [5.74, 6) is -0.333. The smallest absolute Gasteiger partial charge is 0.371 e. The molecule has 1 fully saturated rings. The third-order valence-electron chi connectivity index (χ3n) is 6.72. The van der Waals surface area contributed by atoms with Gasteiger partial charge in [0.1, 0.15) is 0 Å². The molecule has 4 nitrogen and oxygen atoms in total. The molecule has 1 aromatic heterocycles. The molecule has 1 aliphatic heterocycles. The van der Waals surface area contributed by atoms with Crippen molar-refractivity contribution in [2.24, 2.45) is 0 Å². The standard InChI is InChI=1S/C28H26F6N2O2/c1-18-4-2-3-5-23(18)24-8-11-36(26(37)14-19-6-9-35-10-7-19)16-25(24)38-17-20-12-21(27(29,30)31)15-22(13-20)28(32,33)34/h2-7,9-10,12-13,15,24-25H,8,11,14,16-17H2,1H3/t24-,25-/m0/s1. The largest absolute Gasteiger partial charge is 0.416 e. The summed E-state index contributed by atoms with van der Waals surface area (Å²) in [6.07, 6.45) is -6.66. The zero-order chi connectivity index (χ0) is 27.5. The van der Waals surface area contributed by atoms with E-state index >= 15 is 0 Å². The Hall–Kier alpha value is -3.40. The van der Waals surface area contributed by atoms with Crippen LogP contribution in [0.25, 0.3) is 0 Å². The van der Waals surface area contributed by atoms with Crippen molar-refractivity contribution in [2.75, 3.05) is 13.1 Å². The second kappa shape index (κ2) is 11.1. The number of alkyl halides is 6. The molecular formula is C28H26F6N2O2.